The molecule has 144 valence electrons. The van der Waals surface area contributed by atoms with Gasteiger partial charge in [-0.05, 0) is 32.1 Å². The lowest BCUT2D eigenvalue weighted by atomic mass is 10.2. The molecule has 0 radical (unpaired) electrons. The average molecular weight is 360 g/mol. The molecule has 2 unspecified atom stereocenters. The molecule has 4 heteroatoms. The number of allylic oxidation sites excluding steroid dienone is 9. The molecule has 0 bridgehead atoms. The first-order valence-corrected chi connectivity index (χ1v) is 9.10. The van der Waals surface area contributed by atoms with Crippen molar-refractivity contribution in [2.45, 2.75) is 57.7 Å². The first kappa shape index (κ1) is 23.8. The van der Waals surface area contributed by atoms with Gasteiger partial charge in [0.15, 0.2) is 0 Å². The van der Waals surface area contributed by atoms with Gasteiger partial charge in [-0.15, -0.1) is 0 Å². The van der Waals surface area contributed by atoms with Crippen LogP contribution in [0.2, 0.25) is 0 Å². The van der Waals surface area contributed by atoms with Gasteiger partial charge in [-0.25, -0.2) is 0 Å². The van der Waals surface area contributed by atoms with Gasteiger partial charge in [0, 0.05) is 6.42 Å². The van der Waals surface area contributed by atoms with Crippen molar-refractivity contribution in [2.24, 2.45) is 0 Å². The van der Waals surface area contributed by atoms with Crippen LogP contribution in [0.4, 0.5) is 0 Å². The third-order valence-electron chi connectivity index (χ3n) is 3.36. The van der Waals surface area contributed by atoms with Gasteiger partial charge < -0.3 is 15.3 Å². The zero-order valence-electron chi connectivity index (χ0n) is 15.6. The number of carboxylic acid groups (broad SMARTS) is 1. The molecule has 0 amide bonds. The first-order valence-electron chi connectivity index (χ1n) is 9.10. The lowest BCUT2D eigenvalue weighted by molar-refractivity contribution is -0.136. The van der Waals surface area contributed by atoms with Crippen molar-refractivity contribution in [2.75, 3.05) is 0 Å². The maximum absolute atomic E-state index is 10.3. The van der Waals surface area contributed by atoms with Crippen molar-refractivity contribution >= 4 is 5.97 Å². The van der Waals surface area contributed by atoms with Gasteiger partial charge in [-0.2, -0.15) is 0 Å². The lowest BCUT2D eigenvalue weighted by Crippen LogP contribution is -1.99. The zero-order valence-corrected chi connectivity index (χ0v) is 15.6. The summed E-state index contributed by atoms with van der Waals surface area (Å²) in [5.74, 6) is -0.770. The van der Waals surface area contributed by atoms with Crippen molar-refractivity contribution in [1.82, 2.24) is 0 Å². The van der Waals surface area contributed by atoms with Crippen LogP contribution < -0.4 is 0 Å². The van der Waals surface area contributed by atoms with Crippen molar-refractivity contribution in [3.63, 3.8) is 0 Å². The fraction of sp³-hybridized carbons (Fsp3) is 0.409. The number of hydrogen-bond acceptors (Lipinski definition) is 3. The van der Waals surface area contributed by atoms with E-state index in [1.165, 1.54) is 0 Å². The van der Waals surface area contributed by atoms with Gasteiger partial charge >= 0.3 is 5.97 Å². The van der Waals surface area contributed by atoms with E-state index in [4.69, 9.17) is 5.11 Å². The number of aliphatic carboxylic acids is 1. The minimum atomic E-state index is -0.770. The minimum Gasteiger partial charge on any atom is -0.481 e. The number of rotatable bonds is 14. The van der Waals surface area contributed by atoms with E-state index in [9.17, 15) is 15.0 Å². The number of aliphatic hydroxyl groups is 2. The molecule has 0 saturated carbocycles. The Morgan fingerprint density at radius 2 is 1.38 bits per heavy atom. The smallest absolute Gasteiger partial charge is 0.303 e. The molecule has 2 atom stereocenters. The monoisotopic (exact) mass is 360 g/mol. The lowest BCUT2D eigenvalue weighted by Gasteiger charge is -1.99. The molecule has 0 aromatic rings. The van der Waals surface area contributed by atoms with Crippen LogP contribution in [0.25, 0.3) is 0 Å². The predicted molar refractivity (Wildman–Crippen MR) is 108 cm³/mol. The molecule has 26 heavy (non-hydrogen) atoms. The van der Waals surface area contributed by atoms with Crippen LogP contribution in [-0.2, 0) is 4.79 Å². The van der Waals surface area contributed by atoms with Crippen LogP contribution in [0.15, 0.2) is 72.9 Å². The summed E-state index contributed by atoms with van der Waals surface area (Å²) in [7, 11) is 0. The van der Waals surface area contributed by atoms with Crippen molar-refractivity contribution in [3.8, 4) is 0 Å². The van der Waals surface area contributed by atoms with Crippen LogP contribution in [0.5, 0.6) is 0 Å². The standard InChI is InChI=1S/C22H32O4/c1-2-20(23)16-13-11-14-18-21(24)17-12-9-7-5-3-4-6-8-10-15-19-22(25)26/h3-4,7-14,16-17,20-21,23-24H,2,5-6,15,18-19H2,1H3,(H,25,26)/b4-3+,9-7+,10-8+,14-11+,16-13+,17-12+. The first-order chi connectivity index (χ1) is 12.6. The average Bonchev–Trinajstić information content (AvgIpc) is 2.61. The van der Waals surface area contributed by atoms with Crippen LogP contribution in [0.1, 0.15) is 45.4 Å². The molecule has 0 heterocycles. The van der Waals surface area contributed by atoms with Crippen LogP contribution in [0.3, 0.4) is 0 Å². The number of aliphatic hydroxyl groups excluding tert-OH is 2. The molecule has 0 aliphatic heterocycles. The summed E-state index contributed by atoms with van der Waals surface area (Å²) < 4.78 is 0. The SMILES string of the molecule is CCC(O)/C=C/C=C/CC(O)/C=C/C=C/C/C=C/C/C=C/CCC(=O)O. The van der Waals surface area contributed by atoms with Crippen molar-refractivity contribution in [1.29, 1.82) is 0 Å². The van der Waals surface area contributed by atoms with Gasteiger partial charge in [-0.1, -0.05) is 79.8 Å². The van der Waals surface area contributed by atoms with Crippen LogP contribution in [0, 0.1) is 0 Å². The third-order valence-corrected chi connectivity index (χ3v) is 3.36. The molecule has 0 aliphatic rings. The van der Waals surface area contributed by atoms with Crippen LogP contribution >= 0.6 is 0 Å². The van der Waals surface area contributed by atoms with E-state index in [1.807, 2.05) is 61.6 Å². The molecule has 0 aromatic heterocycles. The number of carbonyl (C=O) groups is 1. The Balaban J connectivity index is 3.79. The molecule has 0 saturated heterocycles. The second-order valence-corrected chi connectivity index (χ2v) is 5.75. The van der Waals surface area contributed by atoms with E-state index in [2.05, 4.69) is 0 Å². The van der Waals surface area contributed by atoms with Gasteiger partial charge in [-0.3, -0.25) is 4.79 Å². The van der Waals surface area contributed by atoms with E-state index >= 15 is 0 Å². The largest absolute Gasteiger partial charge is 0.481 e. The normalized spacial score (nSPS) is 15.5. The maximum Gasteiger partial charge on any atom is 0.303 e. The summed E-state index contributed by atoms with van der Waals surface area (Å²) in [4.78, 5) is 10.3. The summed E-state index contributed by atoms with van der Waals surface area (Å²) in [6.07, 6.45) is 25.3. The number of carboxylic acids is 1. The summed E-state index contributed by atoms with van der Waals surface area (Å²) in [5.41, 5.74) is 0. The number of hydrogen-bond donors (Lipinski definition) is 3. The Bertz CT molecular complexity index is 524. The Morgan fingerprint density at radius 3 is 2.04 bits per heavy atom. The third kappa shape index (κ3) is 18.2. The molecule has 0 rings (SSSR count). The second kappa shape index (κ2) is 17.6. The van der Waals surface area contributed by atoms with E-state index < -0.39 is 18.2 Å². The Labute approximate surface area is 157 Å². The highest BCUT2D eigenvalue weighted by atomic mass is 16.4. The highest BCUT2D eigenvalue weighted by Gasteiger charge is 1.93. The van der Waals surface area contributed by atoms with E-state index in [0.29, 0.717) is 19.3 Å². The minimum absolute atomic E-state index is 0.176. The fourth-order valence-corrected chi connectivity index (χ4v) is 1.82. The molecule has 0 spiro atoms. The van der Waals surface area contributed by atoms with E-state index in [1.54, 1.807) is 18.2 Å². The zero-order chi connectivity index (χ0) is 19.5. The van der Waals surface area contributed by atoms with Crippen molar-refractivity contribution < 1.29 is 20.1 Å². The highest BCUT2D eigenvalue weighted by molar-refractivity contribution is 5.66. The Morgan fingerprint density at radius 1 is 0.808 bits per heavy atom. The molecule has 0 fully saturated rings. The fourth-order valence-electron chi connectivity index (χ4n) is 1.82. The maximum atomic E-state index is 10.3. The molecule has 4 nitrogen and oxygen atoms in total. The Hall–Kier alpha value is -2.17. The molecular formula is C22H32O4. The molecule has 0 aliphatic carbocycles. The molecule has 3 N–H and O–H groups in total. The summed E-state index contributed by atoms with van der Waals surface area (Å²) in [5, 5.41) is 27.6. The van der Waals surface area contributed by atoms with Crippen molar-refractivity contribution in [3.05, 3.63) is 72.9 Å². The second-order valence-electron chi connectivity index (χ2n) is 5.75. The van der Waals surface area contributed by atoms with E-state index in [0.717, 1.165) is 12.8 Å². The van der Waals surface area contributed by atoms with Gasteiger partial charge in [0.25, 0.3) is 0 Å². The highest BCUT2D eigenvalue weighted by Crippen LogP contribution is 1.99. The van der Waals surface area contributed by atoms with Crippen LogP contribution in [-0.4, -0.2) is 33.5 Å². The predicted octanol–water partition coefficient (Wildman–Crippen LogP) is 4.49. The van der Waals surface area contributed by atoms with Gasteiger partial charge in [0.1, 0.15) is 0 Å². The summed E-state index contributed by atoms with van der Waals surface area (Å²) in [6, 6.07) is 0. The Kier molecular flexibility index (Phi) is 16.2. The quantitative estimate of drug-likeness (QED) is 0.315. The topological polar surface area (TPSA) is 77.8 Å². The molecule has 0 aromatic carbocycles. The summed E-state index contributed by atoms with van der Waals surface area (Å²) in [6.45, 7) is 1.92. The van der Waals surface area contributed by atoms with E-state index in [-0.39, 0.29) is 6.42 Å². The summed E-state index contributed by atoms with van der Waals surface area (Å²) >= 11 is 0. The van der Waals surface area contributed by atoms with Gasteiger partial charge in [0.05, 0.1) is 12.2 Å². The van der Waals surface area contributed by atoms with Gasteiger partial charge in [0.2, 0.25) is 0 Å². The molecular weight excluding hydrogens is 328 g/mol.